The summed E-state index contributed by atoms with van der Waals surface area (Å²) in [5.41, 5.74) is 0.213. The van der Waals surface area contributed by atoms with Crippen LogP contribution in [-0.4, -0.2) is 13.7 Å². The van der Waals surface area contributed by atoms with Gasteiger partial charge in [0.1, 0.15) is 16.9 Å². The number of hydrogen-bond donors (Lipinski definition) is 0. The maximum absolute atomic E-state index is 12.9. The van der Waals surface area contributed by atoms with Crippen molar-refractivity contribution in [2.75, 3.05) is 13.7 Å². The summed E-state index contributed by atoms with van der Waals surface area (Å²) in [4.78, 5) is 11.5. The van der Waals surface area contributed by atoms with Gasteiger partial charge in [0.05, 0.1) is 19.8 Å². The van der Waals surface area contributed by atoms with Crippen molar-refractivity contribution in [1.82, 2.24) is 0 Å². The van der Waals surface area contributed by atoms with Gasteiger partial charge in [0.15, 0.2) is 12.7 Å². The number of fused-ring (bicyclic) bond motifs is 1. The third kappa shape index (κ3) is 5.31. The predicted molar refractivity (Wildman–Crippen MR) is 105 cm³/mol. The van der Waals surface area contributed by atoms with E-state index in [1.165, 1.54) is 23.8 Å². The molecule has 0 aliphatic rings. The van der Waals surface area contributed by atoms with E-state index in [1.54, 1.807) is 6.07 Å². The van der Waals surface area contributed by atoms with Crippen LogP contribution in [-0.2, 0) is 12.7 Å². The fraction of sp³-hybridized carbons (Fsp3) is 0.364. The molecule has 0 atom stereocenters. The SMILES string of the molecule is COc1ccc(C(F)(F)F)c[n+]1CCCCCOc1ccc2c(C)cc(=O)oc2c1. The van der Waals surface area contributed by atoms with Crippen molar-refractivity contribution in [1.29, 1.82) is 0 Å². The molecule has 2 aromatic heterocycles. The number of alkyl halides is 3. The van der Waals surface area contributed by atoms with Crippen molar-refractivity contribution < 1.29 is 31.6 Å². The molecular formula is C22H23F3NO4+. The largest absolute Gasteiger partial charge is 0.493 e. The van der Waals surface area contributed by atoms with Gasteiger partial charge in [0, 0.05) is 23.9 Å². The summed E-state index contributed by atoms with van der Waals surface area (Å²) >= 11 is 0. The van der Waals surface area contributed by atoms with Gasteiger partial charge in [0.25, 0.3) is 0 Å². The minimum atomic E-state index is -4.39. The van der Waals surface area contributed by atoms with E-state index in [4.69, 9.17) is 13.9 Å². The van der Waals surface area contributed by atoms with Gasteiger partial charge in [0.2, 0.25) is 0 Å². The van der Waals surface area contributed by atoms with Crippen LogP contribution >= 0.6 is 0 Å². The molecule has 0 spiro atoms. The first-order valence-corrected chi connectivity index (χ1v) is 9.60. The molecule has 0 amide bonds. The van der Waals surface area contributed by atoms with Crippen LogP contribution in [0.25, 0.3) is 11.0 Å². The van der Waals surface area contributed by atoms with Gasteiger partial charge >= 0.3 is 17.7 Å². The van der Waals surface area contributed by atoms with Gasteiger partial charge in [-0.1, -0.05) is 0 Å². The van der Waals surface area contributed by atoms with E-state index in [0.29, 0.717) is 36.8 Å². The molecule has 0 aliphatic carbocycles. The second-order valence-electron chi connectivity index (χ2n) is 6.97. The van der Waals surface area contributed by atoms with Gasteiger partial charge in [-0.15, -0.1) is 0 Å². The second-order valence-corrected chi connectivity index (χ2v) is 6.97. The molecule has 160 valence electrons. The molecule has 0 aliphatic heterocycles. The first-order chi connectivity index (χ1) is 14.3. The minimum Gasteiger partial charge on any atom is -0.493 e. The van der Waals surface area contributed by atoms with E-state index < -0.39 is 17.4 Å². The smallest absolute Gasteiger partial charge is 0.422 e. The van der Waals surface area contributed by atoms with Crippen molar-refractivity contribution >= 4 is 11.0 Å². The standard InChI is InChI=1S/C22H23F3NO4/c1-15-12-21(27)30-19-13-17(7-8-18(15)19)29-11-5-3-4-10-26-14-16(22(23,24)25)6-9-20(26)28-2/h6-9,12-14H,3-5,10-11H2,1-2H3/q+1. The zero-order valence-corrected chi connectivity index (χ0v) is 16.8. The van der Waals surface area contributed by atoms with Crippen LogP contribution < -0.4 is 19.7 Å². The van der Waals surface area contributed by atoms with E-state index in [2.05, 4.69) is 0 Å². The lowest BCUT2D eigenvalue weighted by atomic mass is 10.1. The Morgan fingerprint density at radius 1 is 1.07 bits per heavy atom. The molecule has 0 unspecified atom stereocenters. The summed E-state index contributed by atoms with van der Waals surface area (Å²) < 4.78 is 56.2. The second kappa shape index (κ2) is 9.19. The average Bonchev–Trinajstić information content (AvgIpc) is 2.69. The molecule has 1 aromatic carbocycles. The fourth-order valence-electron chi connectivity index (χ4n) is 3.21. The van der Waals surface area contributed by atoms with Crippen molar-refractivity contribution in [2.24, 2.45) is 0 Å². The number of hydrogen-bond acceptors (Lipinski definition) is 4. The Labute approximate surface area is 171 Å². The van der Waals surface area contributed by atoms with Gasteiger partial charge in [-0.2, -0.15) is 17.7 Å². The number of benzene rings is 1. The highest BCUT2D eigenvalue weighted by molar-refractivity contribution is 5.81. The maximum atomic E-state index is 12.9. The zero-order valence-electron chi connectivity index (χ0n) is 16.8. The molecule has 0 radical (unpaired) electrons. The molecule has 0 saturated carbocycles. The van der Waals surface area contributed by atoms with Crippen LogP contribution in [0.1, 0.15) is 30.4 Å². The molecule has 0 N–H and O–H groups in total. The van der Waals surface area contributed by atoms with Gasteiger partial charge in [-0.3, -0.25) is 0 Å². The van der Waals surface area contributed by atoms with E-state index in [-0.39, 0.29) is 0 Å². The van der Waals surface area contributed by atoms with Gasteiger partial charge in [-0.05, 0) is 43.5 Å². The number of halogens is 3. The minimum absolute atomic E-state index is 0.382. The van der Waals surface area contributed by atoms with Crippen molar-refractivity contribution in [2.45, 2.75) is 38.9 Å². The van der Waals surface area contributed by atoms with E-state index in [1.807, 2.05) is 19.1 Å². The highest BCUT2D eigenvalue weighted by Crippen LogP contribution is 2.28. The number of aryl methyl sites for hydroxylation is 2. The van der Waals surface area contributed by atoms with Crippen molar-refractivity contribution in [3.63, 3.8) is 0 Å². The molecular weight excluding hydrogens is 399 g/mol. The number of methoxy groups -OCH3 is 1. The maximum Gasteiger partial charge on any atom is 0.422 e. The Morgan fingerprint density at radius 3 is 2.60 bits per heavy atom. The topological polar surface area (TPSA) is 52.5 Å². The summed E-state index contributed by atoms with van der Waals surface area (Å²) in [6.45, 7) is 2.70. The third-order valence-electron chi connectivity index (χ3n) is 4.75. The zero-order chi connectivity index (χ0) is 21.7. The first-order valence-electron chi connectivity index (χ1n) is 9.60. The number of pyridine rings is 1. The summed E-state index contributed by atoms with van der Waals surface area (Å²) in [7, 11) is 1.43. The van der Waals surface area contributed by atoms with Crippen LogP contribution in [0.4, 0.5) is 13.2 Å². The molecule has 30 heavy (non-hydrogen) atoms. The molecule has 0 bridgehead atoms. The quantitative estimate of drug-likeness (QED) is 0.301. The fourth-order valence-corrected chi connectivity index (χ4v) is 3.21. The lowest BCUT2D eigenvalue weighted by molar-refractivity contribution is -0.702. The van der Waals surface area contributed by atoms with Crippen LogP contribution in [0.3, 0.4) is 0 Å². The van der Waals surface area contributed by atoms with Crippen molar-refractivity contribution in [3.05, 3.63) is 64.1 Å². The lowest BCUT2D eigenvalue weighted by Gasteiger charge is -2.09. The number of ether oxygens (including phenoxy) is 2. The molecule has 0 saturated heterocycles. The molecule has 3 rings (SSSR count). The highest BCUT2D eigenvalue weighted by atomic mass is 19.4. The normalized spacial score (nSPS) is 11.6. The number of aromatic nitrogens is 1. The van der Waals surface area contributed by atoms with Crippen LogP contribution in [0.5, 0.6) is 11.6 Å². The Morgan fingerprint density at radius 2 is 1.87 bits per heavy atom. The monoisotopic (exact) mass is 422 g/mol. The van der Waals surface area contributed by atoms with Crippen LogP contribution in [0, 0.1) is 6.92 Å². The van der Waals surface area contributed by atoms with E-state index >= 15 is 0 Å². The summed E-state index contributed by atoms with van der Waals surface area (Å²) in [5.74, 6) is 0.984. The highest BCUT2D eigenvalue weighted by Gasteiger charge is 2.34. The molecule has 2 heterocycles. The number of nitrogens with zero attached hydrogens (tertiary/aromatic N) is 1. The van der Waals surface area contributed by atoms with E-state index in [9.17, 15) is 18.0 Å². The molecule has 3 aromatic rings. The lowest BCUT2D eigenvalue weighted by Crippen LogP contribution is -2.36. The van der Waals surface area contributed by atoms with E-state index in [0.717, 1.165) is 36.1 Å². The summed E-state index contributed by atoms with van der Waals surface area (Å²) in [6, 6.07) is 9.13. The predicted octanol–water partition coefficient (Wildman–Crippen LogP) is 4.67. The van der Waals surface area contributed by atoms with Gasteiger partial charge < -0.3 is 13.9 Å². The molecule has 5 nitrogen and oxygen atoms in total. The number of rotatable bonds is 8. The summed E-state index contributed by atoms with van der Waals surface area (Å²) in [5, 5.41) is 0.856. The number of unbranched alkanes of at least 4 members (excludes halogenated alkanes) is 2. The Bertz CT molecular complexity index is 1080. The Hall–Kier alpha value is -3.03. The third-order valence-corrected chi connectivity index (χ3v) is 4.75. The molecule has 8 heteroatoms. The van der Waals surface area contributed by atoms with Gasteiger partial charge in [-0.25, -0.2) is 4.79 Å². The average molecular weight is 422 g/mol. The van der Waals surface area contributed by atoms with Crippen LogP contribution in [0.15, 0.2) is 51.8 Å². The Balaban J connectivity index is 1.50. The Kier molecular flexibility index (Phi) is 6.64. The van der Waals surface area contributed by atoms with Crippen LogP contribution in [0.2, 0.25) is 0 Å². The first kappa shape index (κ1) is 21.7. The van der Waals surface area contributed by atoms with Crippen molar-refractivity contribution in [3.8, 4) is 11.6 Å². The molecule has 0 fully saturated rings. The summed E-state index contributed by atoms with van der Waals surface area (Å²) in [6.07, 6.45) is -1.14.